The molecule has 4 heteroatoms. The van der Waals surface area contributed by atoms with Crippen molar-refractivity contribution in [3.8, 4) is 5.75 Å². The largest absolute Gasteiger partial charge is 0.490 e. The summed E-state index contributed by atoms with van der Waals surface area (Å²) in [4.78, 5) is 11.2. The average molecular weight is 235 g/mol. The summed E-state index contributed by atoms with van der Waals surface area (Å²) in [6, 6.07) is 7.03. The molecule has 0 amide bonds. The minimum absolute atomic E-state index is 0.295. The Hall–Kier alpha value is -1.97. The van der Waals surface area contributed by atoms with Crippen LogP contribution >= 0.6 is 0 Å². The molecular formula is C13H17NO3. The number of anilines is 1. The molecule has 17 heavy (non-hydrogen) atoms. The maximum absolute atomic E-state index is 11.2. The van der Waals surface area contributed by atoms with Gasteiger partial charge in [0.05, 0.1) is 0 Å². The average Bonchev–Trinajstić information content (AvgIpc) is 2.28. The Labute approximate surface area is 101 Å². The minimum atomic E-state index is -0.404. The summed E-state index contributed by atoms with van der Waals surface area (Å²) in [5, 5.41) is 0. The highest BCUT2D eigenvalue weighted by molar-refractivity contribution is 5.87. The first-order valence-electron chi connectivity index (χ1n) is 5.34. The second kappa shape index (κ2) is 5.94. The van der Waals surface area contributed by atoms with Gasteiger partial charge < -0.3 is 15.2 Å². The molecule has 92 valence electrons. The first-order valence-corrected chi connectivity index (χ1v) is 5.34. The van der Waals surface area contributed by atoms with Gasteiger partial charge in [-0.05, 0) is 38.1 Å². The number of rotatable bonds is 5. The van der Waals surface area contributed by atoms with Gasteiger partial charge in [0.15, 0.2) is 0 Å². The SMILES string of the molecule is C=C(C)C(=O)OC(C)COc1ccc(N)cc1. The maximum atomic E-state index is 11.2. The number of ether oxygens (including phenoxy) is 2. The first-order chi connectivity index (χ1) is 7.99. The molecule has 0 fully saturated rings. The zero-order valence-corrected chi connectivity index (χ0v) is 10.1. The molecule has 0 saturated heterocycles. The maximum Gasteiger partial charge on any atom is 0.333 e. The summed E-state index contributed by atoms with van der Waals surface area (Å²) in [7, 11) is 0. The van der Waals surface area contributed by atoms with Gasteiger partial charge in [-0.3, -0.25) is 0 Å². The Morgan fingerprint density at radius 3 is 2.53 bits per heavy atom. The Bertz CT molecular complexity index is 398. The van der Waals surface area contributed by atoms with Crippen molar-refractivity contribution in [3.05, 3.63) is 36.4 Å². The number of nitrogen functional groups attached to an aromatic ring is 1. The molecule has 2 N–H and O–H groups in total. The van der Waals surface area contributed by atoms with Gasteiger partial charge in [0.1, 0.15) is 18.5 Å². The molecule has 1 aromatic rings. The van der Waals surface area contributed by atoms with Crippen LogP contribution in [0.1, 0.15) is 13.8 Å². The third-order valence-electron chi connectivity index (χ3n) is 2.02. The van der Waals surface area contributed by atoms with Gasteiger partial charge in [-0.2, -0.15) is 0 Å². The highest BCUT2D eigenvalue weighted by Gasteiger charge is 2.10. The number of hydrogen-bond donors (Lipinski definition) is 1. The molecule has 0 radical (unpaired) electrons. The summed E-state index contributed by atoms with van der Waals surface area (Å²) in [5.41, 5.74) is 6.61. The van der Waals surface area contributed by atoms with E-state index in [1.807, 2.05) is 0 Å². The summed E-state index contributed by atoms with van der Waals surface area (Å²) in [5.74, 6) is 0.288. The third kappa shape index (κ3) is 4.59. The van der Waals surface area contributed by atoms with Crippen LogP contribution in [0.2, 0.25) is 0 Å². The minimum Gasteiger partial charge on any atom is -0.490 e. The summed E-state index contributed by atoms with van der Waals surface area (Å²) >= 11 is 0. The lowest BCUT2D eigenvalue weighted by Gasteiger charge is -2.14. The van der Waals surface area contributed by atoms with Crippen LogP contribution in [0.3, 0.4) is 0 Å². The van der Waals surface area contributed by atoms with Crippen molar-refractivity contribution in [3.63, 3.8) is 0 Å². The first kappa shape index (κ1) is 13.1. The van der Waals surface area contributed by atoms with Crippen molar-refractivity contribution < 1.29 is 14.3 Å². The number of carbonyl (C=O) groups is 1. The van der Waals surface area contributed by atoms with E-state index in [1.165, 1.54) is 0 Å². The predicted octanol–water partition coefficient (Wildman–Crippen LogP) is 2.16. The Balaban J connectivity index is 2.38. The molecule has 0 heterocycles. The fourth-order valence-electron chi connectivity index (χ4n) is 1.09. The number of nitrogens with two attached hydrogens (primary N) is 1. The topological polar surface area (TPSA) is 61.5 Å². The molecule has 1 unspecified atom stereocenters. The number of benzene rings is 1. The van der Waals surface area contributed by atoms with Crippen LogP contribution in [-0.4, -0.2) is 18.7 Å². The van der Waals surface area contributed by atoms with Gasteiger partial charge >= 0.3 is 5.97 Å². The van der Waals surface area contributed by atoms with E-state index in [0.717, 1.165) is 0 Å². The van der Waals surface area contributed by atoms with Crippen molar-refractivity contribution in [1.82, 2.24) is 0 Å². The van der Waals surface area contributed by atoms with E-state index >= 15 is 0 Å². The van der Waals surface area contributed by atoms with E-state index in [9.17, 15) is 4.79 Å². The smallest absolute Gasteiger partial charge is 0.333 e. The zero-order chi connectivity index (χ0) is 12.8. The normalized spacial score (nSPS) is 11.6. The van der Waals surface area contributed by atoms with Gasteiger partial charge in [0.2, 0.25) is 0 Å². The van der Waals surface area contributed by atoms with Crippen molar-refractivity contribution in [2.24, 2.45) is 0 Å². The molecule has 0 saturated carbocycles. The van der Waals surface area contributed by atoms with E-state index in [2.05, 4.69) is 6.58 Å². The summed E-state index contributed by atoms with van der Waals surface area (Å²) in [6.45, 7) is 7.17. The second-order valence-electron chi connectivity index (χ2n) is 3.88. The van der Waals surface area contributed by atoms with Crippen LogP contribution in [-0.2, 0) is 9.53 Å². The molecule has 0 aliphatic rings. The van der Waals surface area contributed by atoms with E-state index in [1.54, 1.807) is 38.1 Å². The molecule has 0 bridgehead atoms. The molecule has 1 rings (SSSR count). The molecule has 1 atom stereocenters. The molecule has 0 aliphatic carbocycles. The quantitative estimate of drug-likeness (QED) is 0.482. The number of hydrogen-bond acceptors (Lipinski definition) is 4. The molecule has 0 aliphatic heterocycles. The lowest BCUT2D eigenvalue weighted by molar-refractivity contribution is -0.144. The second-order valence-corrected chi connectivity index (χ2v) is 3.88. The van der Waals surface area contributed by atoms with Crippen molar-refractivity contribution in [1.29, 1.82) is 0 Å². The predicted molar refractivity (Wildman–Crippen MR) is 66.7 cm³/mol. The Morgan fingerprint density at radius 1 is 1.41 bits per heavy atom. The van der Waals surface area contributed by atoms with Crippen molar-refractivity contribution in [2.45, 2.75) is 20.0 Å². The Kier molecular flexibility index (Phi) is 4.57. The van der Waals surface area contributed by atoms with E-state index < -0.39 is 5.97 Å². The fraction of sp³-hybridized carbons (Fsp3) is 0.308. The lowest BCUT2D eigenvalue weighted by atomic mass is 10.3. The van der Waals surface area contributed by atoms with Crippen LogP contribution in [0, 0.1) is 0 Å². The molecule has 0 aromatic heterocycles. The van der Waals surface area contributed by atoms with Crippen molar-refractivity contribution >= 4 is 11.7 Å². The number of carbonyl (C=O) groups excluding carboxylic acids is 1. The van der Waals surface area contributed by atoms with Crippen LogP contribution in [0.5, 0.6) is 5.75 Å². The fourth-order valence-corrected chi connectivity index (χ4v) is 1.09. The lowest BCUT2D eigenvalue weighted by Crippen LogP contribution is -2.22. The molecule has 4 nitrogen and oxygen atoms in total. The summed E-state index contributed by atoms with van der Waals surface area (Å²) in [6.07, 6.45) is -0.322. The zero-order valence-electron chi connectivity index (χ0n) is 10.1. The Morgan fingerprint density at radius 2 is 2.00 bits per heavy atom. The van der Waals surface area contributed by atoms with Crippen LogP contribution in [0.25, 0.3) is 0 Å². The monoisotopic (exact) mass is 235 g/mol. The van der Waals surface area contributed by atoms with Crippen LogP contribution < -0.4 is 10.5 Å². The van der Waals surface area contributed by atoms with Gasteiger partial charge in [0.25, 0.3) is 0 Å². The van der Waals surface area contributed by atoms with Gasteiger partial charge in [0, 0.05) is 11.3 Å². The van der Waals surface area contributed by atoms with Crippen molar-refractivity contribution in [2.75, 3.05) is 12.3 Å². The molecular weight excluding hydrogens is 218 g/mol. The highest BCUT2D eigenvalue weighted by atomic mass is 16.6. The van der Waals surface area contributed by atoms with E-state index in [-0.39, 0.29) is 6.10 Å². The standard InChI is InChI=1S/C13H17NO3/c1-9(2)13(15)17-10(3)8-16-12-6-4-11(14)5-7-12/h4-7,10H,1,8,14H2,2-3H3. The van der Waals surface area contributed by atoms with E-state index in [4.69, 9.17) is 15.2 Å². The van der Waals surface area contributed by atoms with Gasteiger partial charge in [-0.15, -0.1) is 0 Å². The number of esters is 1. The molecule has 0 spiro atoms. The van der Waals surface area contributed by atoms with Crippen LogP contribution in [0.15, 0.2) is 36.4 Å². The highest BCUT2D eigenvalue weighted by Crippen LogP contribution is 2.13. The van der Waals surface area contributed by atoms with E-state index in [0.29, 0.717) is 23.6 Å². The van der Waals surface area contributed by atoms with Gasteiger partial charge in [-0.25, -0.2) is 4.79 Å². The summed E-state index contributed by atoms with van der Waals surface area (Å²) < 4.78 is 10.5. The van der Waals surface area contributed by atoms with Gasteiger partial charge in [-0.1, -0.05) is 6.58 Å². The van der Waals surface area contributed by atoms with Crippen LogP contribution in [0.4, 0.5) is 5.69 Å². The third-order valence-corrected chi connectivity index (χ3v) is 2.02. The molecule has 1 aromatic carbocycles.